The molecule has 0 saturated heterocycles. The van der Waals surface area contributed by atoms with Gasteiger partial charge in [0.1, 0.15) is 11.4 Å². The first kappa shape index (κ1) is 22.8. The van der Waals surface area contributed by atoms with Crippen LogP contribution in [0.15, 0.2) is 30.5 Å². The molecule has 3 N–H and O–H groups in total. The van der Waals surface area contributed by atoms with Crippen LogP contribution in [0.2, 0.25) is 0 Å². The Bertz CT molecular complexity index is 1080. The van der Waals surface area contributed by atoms with Crippen LogP contribution >= 0.6 is 0 Å². The number of carbonyl (C=O) groups excluding carboxylic acids is 1. The summed E-state index contributed by atoms with van der Waals surface area (Å²) in [5.41, 5.74) is 2.14. The van der Waals surface area contributed by atoms with Gasteiger partial charge in [-0.3, -0.25) is 9.89 Å². The summed E-state index contributed by atoms with van der Waals surface area (Å²) in [5.74, 6) is 0.208. The predicted molar refractivity (Wildman–Crippen MR) is 124 cm³/mol. The fourth-order valence-electron chi connectivity index (χ4n) is 4.15. The first-order chi connectivity index (χ1) is 14.2. The average molecular weight is 428 g/mol. The van der Waals surface area contributed by atoms with Gasteiger partial charge in [-0.25, -0.2) is 13.9 Å². The second-order valence-corrected chi connectivity index (χ2v) is 11.1. The number of rotatable bonds is 5. The quantitative estimate of drug-likeness (QED) is 0.469. The first-order valence-electron chi connectivity index (χ1n) is 10.6. The van der Waals surface area contributed by atoms with Crippen molar-refractivity contribution in [1.82, 2.24) is 14.6 Å². The van der Waals surface area contributed by atoms with Crippen molar-refractivity contribution in [2.24, 2.45) is 5.41 Å². The largest absolute Gasteiger partial charge is 0.364 e. The van der Waals surface area contributed by atoms with E-state index in [2.05, 4.69) is 71.1 Å². The average Bonchev–Trinajstić information content (AvgIpc) is 3.14. The summed E-state index contributed by atoms with van der Waals surface area (Å²) in [6.07, 6.45) is 2.60. The minimum Gasteiger partial charge on any atom is -0.364 e. The van der Waals surface area contributed by atoms with E-state index in [9.17, 15) is 9.18 Å². The van der Waals surface area contributed by atoms with E-state index < -0.39 is 0 Å². The predicted octanol–water partition coefficient (Wildman–Crippen LogP) is 5.98. The van der Waals surface area contributed by atoms with Crippen LogP contribution in [0.1, 0.15) is 77.9 Å². The molecule has 0 bridgehead atoms. The number of imidazole rings is 1. The Morgan fingerprint density at radius 2 is 1.68 bits per heavy atom. The lowest BCUT2D eigenvalue weighted by atomic mass is 9.81. The van der Waals surface area contributed by atoms with E-state index in [0.717, 1.165) is 17.9 Å². The summed E-state index contributed by atoms with van der Waals surface area (Å²) in [6.45, 7) is 17.3. The summed E-state index contributed by atoms with van der Waals surface area (Å²) >= 11 is 0. The van der Waals surface area contributed by atoms with Crippen molar-refractivity contribution in [2.75, 3.05) is 10.6 Å². The molecule has 6 nitrogen and oxygen atoms in total. The first-order valence-corrected chi connectivity index (χ1v) is 10.6. The van der Waals surface area contributed by atoms with Crippen LogP contribution in [-0.4, -0.2) is 26.0 Å². The summed E-state index contributed by atoms with van der Waals surface area (Å²) < 4.78 is 15.0. The number of hydrogen-bond acceptors (Lipinski definition) is 3. The van der Waals surface area contributed by atoms with Gasteiger partial charge in [0.2, 0.25) is 0 Å². The summed E-state index contributed by atoms with van der Waals surface area (Å²) in [5, 5.41) is 9.67. The zero-order valence-corrected chi connectivity index (χ0v) is 19.8. The Morgan fingerprint density at radius 3 is 2.23 bits per heavy atom. The molecule has 0 atom stereocenters. The molecule has 31 heavy (non-hydrogen) atoms. The Labute approximate surface area is 183 Å². The number of H-pyrrole nitrogens is 1. The van der Waals surface area contributed by atoms with E-state index in [1.54, 1.807) is 6.20 Å². The zero-order valence-electron chi connectivity index (χ0n) is 19.8. The number of benzene rings is 1. The van der Waals surface area contributed by atoms with E-state index in [0.29, 0.717) is 16.9 Å². The standard InChI is InChI=1S/C24H34FN5O/c1-22(2,3)14-24(7,8)29-20-18(23(4,5)6)28-19-17(13-26-30(19)20)21(31)27-16-11-9-15(25)10-12-16/h9-13,26,29H,14H2,1-8H3,(H,27,31). The molecule has 168 valence electrons. The third-order valence-electron chi connectivity index (χ3n) is 4.94. The van der Waals surface area contributed by atoms with Crippen LogP contribution < -0.4 is 10.6 Å². The van der Waals surface area contributed by atoms with Crippen molar-refractivity contribution >= 4 is 23.1 Å². The zero-order chi connectivity index (χ0) is 23.2. The van der Waals surface area contributed by atoms with Crippen LogP contribution in [0.3, 0.4) is 0 Å². The third-order valence-corrected chi connectivity index (χ3v) is 4.94. The SMILES string of the molecule is CC(C)(C)CC(C)(C)Nc1c(C(C)(C)C)nc2c(C(=O)Nc3ccc(F)cc3)c[nH]n12. The molecule has 0 aliphatic carbocycles. The Morgan fingerprint density at radius 1 is 1.06 bits per heavy atom. The molecule has 0 radical (unpaired) electrons. The highest BCUT2D eigenvalue weighted by Crippen LogP contribution is 2.35. The molecule has 3 rings (SSSR count). The number of nitrogens with zero attached hydrogens (tertiary/aromatic N) is 2. The highest BCUT2D eigenvalue weighted by molar-refractivity contribution is 6.08. The summed E-state index contributed by atoms with van der Waals surface area (Å²) in [7, 11) is 0. The van der Waals surface area contributed by atoms with Gasteiger partial charge in [0, 0.05) is 22.8 Å². The number of aromatic amines is 1. The lowest BCUT2D eigenvalue weighted by molar-refractivity contribution is 0.102. The molecule has 0 saturated carbocycles. The maximum atomic E-state index is 13.2. The van der Waals surface area contributed by atoms with Gasteiger partial charge < -0.3 is 10.6 Å². The molecule has 1 amide bonds. The number of hydrogen-bond donors (Lipinski definition) is 3. The molecule has 0 unspecified atom stereocenters. The summed E-state index contributed by atoms with van der Waals surface area (Å²) in [4.78, 5) is 17.8. The van der Waals surface area contributed by atoms with Crippen molar-refractivity contribution in [2.45, 2.75) is 72.8 Å². The lowest BCUT2D eigenvalue weighted by Crippen LogP contribution is -2.36. The fourth-order valence-corrected chi connectivity index (χ4v) is 4.15. The molecule has 0 spiro atoms. The molecule has 3 aromatic rings. The van der Waals surface area contributed by atoms with Gasteiger partial charge >= 0.3 is 0 Å². The van der Waals surface area contributed by atoms with E-state index in [4.69, 9.17) is 4.98 Å². The van der Waals surface area contributed by atoms with Gasteiger partial charge in [-0.15, -0.1) is 0 Å². The molecule has 0 aliphatic heterocycles. The van der Waals surface area contributed by atoms with Crippen molar-refractivity contribution in [3.05, 3.63) is 47.5 Å². The van der Waals surface area contributed by atoms with Crippen LogP contribution in [0.25, 0.3) is 5.65 Å². The number of halogens is 1. The number of carbonyl (C=O) groups is 1. The second-order valence-electron chi connectivity index (χ2n) is 11.1. The molecule has 0 aliphatic rings. The monoisotopic (exact) mass is 427 g/mol. The highest BCUT2D eigenvalue weighted by Gasteiger charge is 2.32. The minimum atomic E-state index is -0.348. The molecule has 7 heteroatoms. The van der Waals surface area contributed by atoms with Crippen LogP contribution in [0, 0.1) is 11.2 Å². The highest BCUT2D eigenvalue weighted by atomic mass is 19.1. The third kappa shape index (κ3) is 5.27. The van der Waals surface area contributed by atoms with Gasteiger partial charge in [0.05, 0.1) is 5.69 Å². The minimum absolute atomic E-state index is 0.151. The normalized spacial score (nSPS) is 12.9. The van der Waals surface area contributed by atoms with Crippen LogP contribution in [-0.2, 0) is 5.41 Å². The number of amides is 1. The van der Waals surface area contributed by atoms with E-state index in [1.165, 1.54) is 24.3 Å². The topological polar surface area (TPSA) is 74.2 Å². The number of aromatic nitrogens is 3. The van der Waals surface area contributed by atoms with E-state index in [1.807, 2.05) is 4.52 Å². The second kappa shape index (κ2) is 7.70. The van der Waals surface area contributed by atoms with Gasteiger partial charge in [0.25, 0.3) is 5.91 Å². The maximum absolute atomic E-state index is 13.2. The summed E-state index contributed by atoms with van der Waals surface area (Å²) in [6, 6.07) is 5.69. The van der Waals surface area contributed by atoms with Crippen molar-refractivity contribution in [3.8, 4) is 0 Å². The maximum Gasteiger partial charge on any atom is 0.261 e. The molecule has 1 aromatic carbocycles. The number of anilines is 2. The van der Waals surface area contributed by atoms with Crippen LogP contribution in [0.4, 0.5) is 15.9 Å². The van der Waals surface area contributed by atoms with E-state index in [-0.39, 0.29) is 28.1 Å². The Balaban J connectivity index is 2.00. The van der Waals surface area contributed by atoms with Gasteiger partial charge in [-0.1, -0.05) is 41.5 Å². The molecule has 2 heterocycles. The number of nitrogens with one attached hydrogen (secondary N) is 3. The molecular weight excluding hydrogens is 393 g/mol. The lowest BCUT2D eigenvalue weighted by Gasteiger charge is -2.34. The molecule has 2 aromatic heterocycles. The van der Waals surface area contributed by atoms with Gasteiger partial charge in [-0.05, 0) is 49.9 Å². The van der Waals surface area contributed by atoms with Crippen molar-refractivity contribution in [3.63, 3.8) is 0 Å². The van der Waals surface area contributed by atoms with Gasteiger partial charge in [0.15, 0.2) is 11.5 Å². The Hall–Kier alpha value is -2.83. The Kier molecular flexibility index (Phi) is 5.67. The van der Waals surface area contributed by atoms with Crippen molar-refractivity contribution in [1.29, 1.82) is 0 Å². The smallest absolute Gasteiger partial charge is 0.261 e. The number of fused-ring (bicyclic) bond motifs is 1. The van der Waals surface area contributed by atoms with Gasteiger partial charge in [-0.2, -0.15) is 0 Å². The molecular formula is C24H34FN5O. The van der Waals surface area contributed by atoms with E-state index >= 15 is 0 Å². The fraction of sp³-hybridized carbons (Fsp3) is 0.500. The molecule has 0 fully saturated rings. The van der Waals surface area contributed by atoms with Crippen LogP contribution in [0.5, 0.6) is 0 Å². The van der Waals surface area contributed by atoms with Crippen molar-refractivity contribution < 1.29 is 9.18 Å².